The Balaban J connectivity index is 2.29. The third-order valence-electron chi connectivity index (χ3n) is 3.76. The molecule has 0 saturated carbocycles. The number of benzene rings is 2. The molecule has 0 heterocycles. The molecule has 23 heavy (non-hydrogen) atoms. The van der Waals surface area contributed by atoms with E-state index < -0.39 is 27.6 Å². The van der Waals surface area contributed by atoms with Crippen molar-refractivity contribution in [2.45, 2.75) is 24.8 Å². The zero-order chi connectivity index (χ0) is 17.0. The minimum atomic E-state index is -3.66. The number of aliphatic hydroxyl groups excluding tert-OH is 1. The van der Waals surface area contributed by atoms with Crippen LogP contribution in [0, 0.1) is 12.8 Å². The van der Waals surface area contributed by atoms with Crippen LogP contribution < -0.4 is 0 Å². The number of Topliss-reactive ketones (excluding diaryl/α,β-unsaturated/α-hetero) is 1. The predicted octanol–water partition coefficient (Wildman–Crippen LogP) is 2.65. The van der Waals surface area contributed by atoms with Crippen molar-refractivity contribution < 1.29 is 18.3 Å². The molecule has 0 aromatic heterocycles. The maximum absolute atomic E-state index is 12.5. The molecule has 5 heteroatoms. The van der Waals surface area contributed by atoms with Gasteiger partial charge in [-0.2, -0.15) is 0 Å². The Bertz CT molecular complexity index is 762. The Kier molecular flexibility index (Phi) is 5.34. The Hall–Kier alpha value is -1.98. The molecule has 2 aromatic carbocycles. The highest BCUT2D eigenvalue weighted by Gasteiger charge is 2.31. The molecule has 0 bridgehead atoms. The quantitative estimate of drug-likeness (QED) is 0.826. The fraction of sp³-hybridized carbons (Fsp3) is 0.278. The lowest BCUT2D eigenvalue weighted by Crippen LogP contribution is -2.33. The zero-order valence-electron chi connectivity index (χ0n) is 13.1. The van der Waals surface area contributed by atoms with Gasteiger partial charge in [0, 0.05) is 5.56 Å². The summed E-state index contributed by atoms with van der Waals surface area (Å²) in [5.41, 5.74) is 1.36. The Morgan fingerprint density at radius 2 is 1.61 bits per heavy atom. The average molecular weight is 332 g/mol. The third kappa shape index (κ3) is 4.27. The van der Waals surface area contributed by atoms with Gasteiger partial charge in [-0.15, -0.1) is 0 Å². The summed E-state index contributed by atoms with van der Waals surface area (Å²) in [5.74, 6) is -1.78. The molecule has 0 aliphatic rings. The van der Waals surface area contributed by atoms with E-state index in [1.807, 2.05) is 6.92 Å². The van der Waals surface area contributed by atoms with Gasteiger partial charge in [0.1, 0.15) is 0 Å². The van der Waals surface area contributed by atoms with Crippen molar-refractivity contribution in [3.63, 3.8) is 0 Å². The summed E-state index contributed by atoms with van der Waals surface area (Å²) < 4.78 is 25.1. The molecule has 0 unspecified atom stereocenters. The van der Waals surface area contributed by atoms with Gasteiger partial charge in [-0.25, -0.2) is 8.42 Å². The molecular weight excluding hydrogens is 312 g/mol. The van der Waals surface area contributed by atoms with E-state index in [1.165, 1.54) is 19.1 Å². The topological polar surface area (TPSA) is 71.4 Å². The molecule has 4 nitrogen and oxygen atoms in total. The molecule has 1 N–H and O–H groups in total. The summed E-state index contributed by atoms with van der Waals surface area (Å²) in [5, 5.41) is 9.91. The summed E-state index contributed by atoms with van der Waals surface area (Å²) in [6, 6.07) is 14.9. The lowest BCUT2D eigenvalue weighted by atomic mass is 9.95. The molecule has 122 valence electrons. The number of hydrogen-bond donors (Lipinski definition) is 1. The first-order valence-corrected chi connectivity index (χ1v) is 9.03. The molecule has 0 aliphatic heterocycles. The van der Waals surface area contributed by atoms with Crippen molar-refractivity contribution in [2.75, 3.05) is 5.75 Å². The van der Waals surface area contributed by atoms with Crippen LogP contribution in [0.3, 0.4) is 0 Å². The summed E-state index contributed by atoms with van der Waals surface area (Å²) in [7, 11) is -3.66. The van der Waals surface area contributed by atoms with E-state index in [1.54, 1.807) is 42.5 Å². The first-order valence-electron chi connectivity index (χ1n) is 7.38. The van der Waals surface area contributed by atoms with Gasteiger partial charge in [0.05, 0.1) is 22.7 Å². The highest BCUT2D eigenvalue weighted by Crippen LogP contribution is 2.20. The van der Waals surface area contributed by atoms with Crippen LogP contribution in [-0.4, -0.2) is 31.2 Å². The number of carbonyl (C=O) groups is 1. The average Bonchev–Trinajstić information content (AvgIpc) is 2.53. The van der Waals surface area contributed by atoms with Gasteiger partial charge in [-0.3, -0.25) is 4.79 Å². The van der Waals surface area contributed by atoms with Crippen LogP contribution in [0.2, 0.25) is 0 Å². The van der Waals surface area contributed by atoms with Crippen molar-refractivity contribution >= 4 is 15.6 Å². The Labute approximate surface area is 136 Å². The van der Waals surface area contributed by atoms with Crippen LogP contribution in [0.1, 0.15) is 22.8 Å². The van der Waals surface area contributed by atoms with Crippen molar-refractivity contribution in [3.8, 4) is 0 Å². The summed E-state index contributed by atoms with van der Waals surface area (Å²) in [4.78, 5) is 12.7. The second-order valence-electron chi connectivity index (χ2n) is 5.67. The summed E-state index contributed by atoms with van der Waals surface area (Å²) >= 11 is 0. The molecule has 0 radical (unpaired) electrons. The number of ketones is 1. The molecule has 2 atom stereocenters. The highest BCUT2D eigenvalue weighted by atomic mass is 32.2. The van der Waals surface area contributed by atoms with Crippen molar-refractivity contribution in [1.29, 1.82) is 0 Å². The van der Waals surface area contributed by atoms with E-state index >= 15 is 0 Å². The largest absolute Gasteiger partial charge is 0.393 e. The highest BCUT2D eigenvalue weighted by molar-refractivity contribution is 7.91. The van der Waals surface area contributed by atoms with E-state index in [0.717, 1.165) is 5.56 Å². The number of hydrogen-bond acceptors (Lipinski definition) is 4. The predicted molar refractivity (Wildman–Crippen MR) is 89.2 cm³/mol. The van der Waals surface area contributed by atoms with E-state index in [-0.39, 0.29) is 10.7 Å². The minimum Gasteiger partial charge on any atom is -0.393 e. The van der Waals surface area contributed by atoms with Crippen LogP contribution in [-0.2, 0) is 9.84 Å². The molecule has 0 saturated heterocycles. The number of sulfone groups is 1. The van der Waals surface area contributed by atoms with Gasteiger partial charge < -0.3 is 5.11 Å². The van der Waals surface area contributed by atoms with Crippen molar-refractivity contribution in [3.05, 3.63) is 65.7 Å². The zero-order valence-corrected chi connectivity index (χ0v) is 14.0. The molecule has 0 spiro atoms. The fourth-order valence-electron chi connectivity index (χ4n) is 2.33. The number of aliphatic hydroxyl groups is 1. The molecule has 0 fully saturated rings. The van der Waals surface area contributed by atoms with Crippen LogP contribution >= 0.6 is 0 Å². The van der Waals surface area contributed by atoms with Crippen molar-refractivity contribution in [2.24, 2.45) is 5.92 Å². The van der Waals surface area contributed by atoms with E-state index in [2.05, 4.69) is 0 Å². The standard InChI is InChI=1S/C18H20O4S/c1-13-8-10-16(11-9-13)23(21,22)12-17(14(2)19)18(20)15-6-4-3-5-7-15/h3-11,14,17,19H,12H2,1-2H3/t14-,17-/m1/s1. The van der Waals surface area contributed by atoms with Crippen LogP contribution in [0.5, 0.6) is 0 Å². The summed E-state index contributed by atoms with van der Waals surface area (Å²) in [6.07, 6.45) is -1.05. The number of carbonyl (C=O) groups excluding carboxylic acids is 1. The molecule has 2 aromatic rings. The number of rotatable bonds is 6. The second-order valence-corrected chi connectivity index (χ2v) is 7.71. The van der Waals surface area contributed by atoms with Gasteiger partial charge in [-0.1, -0.05) is 48.0 Å². The smallest absolute Gasteiger partial charge is 0.179 e. The van der Waals surface area contributed by atoms with Crippen LogP contribution in [0.15, 0.2) is 59.5 Å². The van der Waals surface area contributed by atoms with Gasteiger partial charge in [-0.05, 0) is 26.0 Å². The van der Waals surface area contributed by atoms with Gasteiger partial charge in [0.15, 0.2) is 15.6 Å². The normalized spacial score (nSPS) is 14.2. The molecule has 0 amide bonds. The Morgan fingerprint density at radius 1 is 1.04 bits per heavy atom. The van der Waals surface area contributed by atoms with Gasteiger partial charge in [0.25, 0.3) is 0 Å². The summed E-state index contributed by atoms with van der Waals surface area (Å²) in [6.45, 7) is 3.31. The van der Waals surface area contributed by atoms with E-state index in [0.29, 0.717) is 5.56 Å². The fourth-order valence-corrected chi connectivity index (χ4v) is 3.97. The monoisotopic (exact) mass is 332 g/mol. The molecule has 2 rings (SSSR count). The van der Waals surface area contributed by atoms with Crippen LogP contribution in [0.4, 0.5) is 0 Å². The third-order valence-corrected chi connectivity index (χ3v) is 5.54. The second kappa shape index (κ2) is 7.06. The molecule has 0 aliphatic carbocycles. The maximum Gasteiger partial charge on any atom is 0.179 e. The van der Waals surface area contributed by atoms with Gasteiger partial charge in [0.2, 0.25) is 0 Å². The van der Waals surface area contributed by atoms with Crippen molar-refractivity contribution in [1.82, 2.24) is 0 Å². The first kappa shape index (κ1) is 17.4. The Morgan fingerprint density at radius 3 is 2.13 bits per heavy atom. The van der Waals surface area contributed by atoms with Gasteiger partial charge >= 0.3 is 0 Å². The lowest BCUT2D eigenvalue weighted by molar-refractivity contribution is 0.0763. The van der Waals surface area contributed by atoms with Crippen LogP contribution in [0.25, 0.3) is 0 Å². The first-order chi connectivity index (χ1) is 10.8. The number of aryl methyl sites for hydroxylation is 1. The molecular formula is C18H20O4S. The van der Waals surface area contributed by atoms with E-state index in [4.69, 9.17) is 0 Å². The maximum atomic E-state index is 12.5. The lowest BCUT2D eigenvalue weighted by Gasteiger charge is -2.19. The van der Waals surface area contributed by atoms with E-state index in [9.17, 15) is 18.3 Å². The SMILES string of the molecule is Cc1ccc(S(=O)(=O)C[C@@H](C(=O)c2ccccc2)[C@@H](C)O)cc1. The minimum absolute atomic E-state index is 0.162.